The first-order chi connectivity index (χ1) is 33.5. The molecule has 3 N–H and O–H groups in total. The van der Waals surface area contributed by atoms with Gasteiger partial charge in [0.25, 0.3) is 0 Å². The third-order valence-electron chi connectivity index (χ3n) is 14.3. The fourth-order valence-corrected chi connectivity index (χ4v) is 10.2. The van der Waals surface area contributed by atoms with E-state index in [1.54, 1.807) is 6.08 Å². The quantitative estimate of drug-likeness (QED) is 0.0243. The largest absolute Gasteiger partial charge is 0.472 e. The zero-order chi connectivity index (χ0) is 50.6. The van der Waals surface area contributed by atoms with Gasteiger partial charge in [0.05, 0.1) is 39.9 Å². The number of amides is 1. The van der Waals surface area contributed by atoms with Crippen molar-refractivity contribution in [2.45, 2.75) is 328 Å². The predicted octanol–water partition coefficient (Wildman–Crippen LogP) is 18.6. The van der Waals surface area contributed by atoms with Crippen LogP contribution in [0.5, 0.6) is 0 Å². The van der Waals surface area contributed by atoms with Crippen molar-refractivity contribution in [3.63, 3.8) is 0 Å². The number of aliphatic hydroxyl groups excluding tert-OH is 1. The Morgan fingerprint density at radius 2 is 0.768 bits per heavy atom. The second-order valence-corrected chi connectivity index (χ2v) is 23.9. The summed E-state index contributed by atoms with van der Waals surface area (Å²) in [6, 6.07) is -0.841. The summed E-state index contributed by atoms with van der Waals surface area (Å²) in [5.74, 6) is -0.170. The number of phosphoric acid groups is 1. The summed E-state index contributed by atoms with van der Waals surface area (Å²) in [7, 11) is 1.59. The van der Waals surface area contributed by atoms with E-state index in [4.69, 9.17) is 9.05 Å². The Balaban J connectivity index is 3.95. The van der Waals surface area contributed by atoms with Crippen molar-refractivity contribution in [2.24, 2.45) is 0 Å². The maximum Gasteiger partial charge on any atom is 0.472 e. The first kappa shape index (κ1) is 68.2. The number of aliphatic hydroxyl groups is 1. The average molecular weight is 999 g/mol. The molecule has 0 aliphatic heterocycles. The molecular weight excluding hydrogens is 876 g/mol. The molecular formula is C60H122N2O6P+. The summed E-state index contributed by atoms with van der Waals surface area (Å²) in [6.07, 6.45) is 64.8. The van der Waals surface area contributed by atoms with Gasteiger partial charge in [0, 0.05) is 6.42 Å². The number of quaternary nitrogens is 1. The summed E-state index contributed by atoms with van der Waals surface area (Å²) >= 11 is 0. The van der Waals surface area contributed by atoms with Gasteiger partial charge in [-0.1, -0.05) is 302 Å². The van der Waals surface area contributed by atoms with Crippen LogP contribution in [0, 0.1) is 0 Å². The highest BCUT2D eigenvalue weighted by molar-refractivity contribution is 7.47. The predicted molar refractivity (Wildman–Crippen MR) is 300 cm³/mol. The molecule has 0 fully saturated rings. The fraction of sp³-hybridized carbons (Fsp3) is 0.950. The van der Waals surface area contributed by atoms with E-state index in [1.165, 1.54) is 257 Å². The maximum absolute atomic E-state index is 13.0. The normalized spacial score (nSPS) is 13.9. The first-order valence-corrected chi connectivity index (χ1v) is 32.1. The highest BCUT2D eigenvalue weighted by atomic mass is 31.2. The van der Waals surface area contributed by atoms with Crippen LogP contribution in [-0.4, -0.2) is 73.4 Å². The van der Waals surface area contributed by atoms with Gasteiger partial charge in [-0.05, 0) is 19.3 Å². The Bertz CT molecular complexity index is 1130. The van der Waals surface area contributed by atoms with Crippen LogP contribution in [0.25, 0.3) is 0 Å². The van der Waals surface area contributed by atoms with Crippen molar-refractivity contribution in [1.29, 1.82) is 0 Å². The molecule has 0 aromatic rings. The van der Waals surface area contributed by atoms with Gasteiger partial charge in [-0.2, -0.15) is 0 Å². The first-order valence-electron chi connectivity index (χ1n) is 30.6. The van der Waals surface area contributed by atoms with E-state index < -0.39 is 20.0 Å². The number of carbonyl (C=O) groups excluding carboxylic acids is 1. The lowest BCUT2D eigenvalue weighted by atomic mass is 10.0. The average Bonchev–Trinajstić information content (AvgIpc) is 3.31. The fourth-order valence-electron chi connectivity index (χ4n) is 9.46. The van der Waals surface area contributed by atoms with E-state index in [1.807, 2.05) is 27.2 Å². The number of nitrogens with one attached hydrogen (secondary N) is 1. The summed E-state index contributed by atoms with van der Waals surface area (Å²) in [5.41, 5.74) is 0. The lowest BCUT2D eigenvalue weighted by Crippen LogP contribution is -2.45. The van der Waals surface area contributed by atoms with Crippen molar-refractivity contribution >= 4 is 13.7 Å². The number of allylic oxidation sites excluding steroid dienone is 1. The summed E-state index contributed by atoms with van der Waals surface area (Å²) < 4.78 is 23.7. The zero-order valence-electron chi connectivity index (χ0n) is 47.1. The zero-order valence-corrected chi connectivity index (χ0v) is 48.0. The standard InChI is InChI=1S/C60H121N2O6P/c1-6-8-10-12-14-16-18-20-22-23-24-25-26-27-28-29-30-31-32-33-34-35-36-37-38-39-40-42-44-46-48-50-52-54-60(64)61-58(57-68-69(65,66)67-56-55-62(3,4)5)59(63)53-51-49-47-45-43-41-21-19-17-15-13-11-9-7-2/h51,53,58-59,63H,6-50,52,54-57H2,1-5H3,(H-,61,64,65,66)/p+1/b53-51+. The van der Waals surface area contributed by atoms with Crippen molar-refractivity contribution < 1.29 is 32.9 Å². The van der Waals surface area contributed by atoms with Gasteiger partial charge in [0.2, 0.25) is 5.91 Å². The highest BCUT2D eigenvalue weighted by Gasteiger charge is 2.27. The third-order valence-corrected chi connectivity index (χ3v) is 15.2. The SMILES string of the molecule is CCCCCCCCCCCCCC/C=C/C(O)C(COP(=O)(O)OCC[N+](C)(C)C)NC(=O)CCCCCCCCCCCCCCCCCCCCCCCCCCCCCCCCCCC. The number of likely N-dealkylation sites (N-methyl/N-ethyl adjacent to an activating group) is 1. The second kappa shape index (κ2) is 52.1. The van der Waals surface area contributed by atoms with Gasteiger partial charge in [0.15, 0.2) is 0 Å². The molecule has 8 nitrogen and oxygen atoms in total. The van der Waals surface area contributed by atoms with E-state index >= 15 is 0 Å². The molecule has 0 rings (SSSR count). The minimum Gasteiger partial charge on any atom is -0.387 e. The molecule has 0 saturated carbocycles. The van der Waals surface area contributed by atoms with Crippen LogP contribution >= 0.6 is 7.82 Å². The molecule has 0 saturated heterocycles. The summed E-state index contributed by atoms with van der Waals surface area (Å²) in [6.45, 7) is 4.86. The molecule has 1 amide bonds. The summed E-state index contributed by atoms with van der Waals surface area (Å²) in [5, 5.41) is 13.9. The highest BCUT2D eigenvalue weighted by Crippen LogP contribution is 2.43. The van der Waals surface area contributed by atoms with Crippen molar-refractivity contribution in [2.75, 3.05) is 40.9 Å². The summed E-state index contributed by atoms with van der Waals surface area (Å²) in [4.78, 5) is 23.3. The van der Waals surface area contributed by atoms with Crippen LogP contribution in [0.15, 0.2) is 12.2 Å². The Kier molecular flexibility index (Phi) is 51.5. The Labute approximate surface area is 431 Å². The lowest BCUT2D eigenvalue weighted by molar-refractivity contribution is -0.870. The van der Waals surface area contributed by atoms with Crippen molar-refractivity contribution in [3.8, 4) is 0 Å². The molecule has 0 bridgehead atoms. The second-order valence-electron chi connectivity index (χ2n) is 22.4. The Hall–Kier alpha value is -0.760. The minimum absolute atomic E-state index is 0.0650. The van der Waals surface area contributed by atoms with Crippen LogP contribution in [-0.2, 0) is 18.4 Å². The van der Waals surface area contributed by atoms with Gasteiger partial charge in [-0.15, -0.1) is 0 Å². The molecule has 0 aromatic carbocycles. The van der Waals surface area contributed by atoms with Gasteiger partial charge in [0.1, 0.15) is 13.2 Å². The number of phosphoric ester groups is 1. The van der Waals surface area contributed by atoms with Crippen LogP contribution in [0.4, 0.5) is 0 Å². The van der Waals surface area contributed by atoms with Gasteiger partial charge in [-0.3, -0.25) is 13.8 Å². The molecule has 3 atom stereocenters. The number of hydrogen-bond donors (Lipinski definition) is 3. The maximum atomic E-state index is 13.0. The van der Waals surface area contributed by atoms with Crippen LogP contribution < -0.4 is 5.32 Å². The molecule has 0 heterocycles. The van der Waals surface area contributed by atoms with E-state index in [9.17, 15) is 19.4 Å². The molecule has 0 aliphatic rings. The molecule has 9 heteroatoms. The van der Waals surface area contributed by atoms with E-state index in [2.05, 4.69) is 19.2 Å². The molecule has 0 aromatic heterocycles. The minimum atomic E-state index is -4.34. The van der Waals surface area contributed by atoms with Gasteiger partial charge >= 0.3 is 7.82 Å². The van der Waals surface area contributed by atoms with Crippen molar-refractivity contribution in [3.05, 3.63) is 12.2 Å². The van der Waals surface area contributed by atoms with E-state index in [0.717, 1.165) is 38.5 Å². The molecule has 69 heavy (non-hydrogen) atoms. The number of hydrogen-bond acceptors (Lipinski definition) is 5. The smallest absolute Gasteiger partial charge is 0.387 e. The van der Waals surface area contributed by atoms with E-state index in [-0.39, 0.29) is 19.1 Å². The Morgan fingerprint density at radius 3 is 1.07 bits per heavy atom. The van der Waals surface area contributed by atoms with Crippen LogP contribution in [0.3, 0.4) is 0 Å². The van der Waals surface area contributed by atoms with Crippen LogP contribution in [0.2, 0.25) is 0 Å². The molecule has 0 aliphatic carbocycles. The molecule has 0 spiro atoms. The molecule has 3 unspecified atom stereocenters. The number of nitrogens with zero attached hydrogens (tertiary/aromatic N) is 1. The Morgan fingerprint density at radius 1 is 0.478 bits per heavy atom. The monoisotopic (exact) mass is 998 g/mol. The molecule has 412 valence electrons. The third kappa shape index (κ3) is 54.8. The lowest BCUT2D eigenvalue weighted by Gasteiger charge is -2.25. The molecule has 0 radical (unpaired) electrons. The van der Waals surface area contributed by atoms with Crippen LogP contribution in [0.1, 0.15) is 316 Å². The number of rotatable bonds is 57. The van der Waals surface area contributed by atoms with E-state index in [0.29, 0.717) is 17.4 Å². The topological polar surface area (TPSA) is 105 Å². The van der Waals surface area contributed by atoms with Gasteiger partial charge in [-0.25, -0.2) is 4.57 Å². The van der Waals surface area contributed by atoms with Gasteiger partial charge < -0.3 is 19.8 Å². The number of unbranched alkanes of at least 4 members (excludes halogenated alkanes) is 44. The number of carbonyl (C=O) groups is 1. The van der Waals surface area contributed by atoms with Crippen molar-refractivity contribution in [1.82, 2.24) is 5.32 Å².